The molecule has 0 fully saturated rings. The zero-order valence-electron chi connectivity index (χ0n) is 9.38. The van der Waals surface area contributed by atoms with E-state index >= 15 is 0 Å². The maximum atomic E-state index is 11.9. The van der Waals surface area contributed by atoms with Crippen molar-refractivity contribution in [1.29, 1.82) is 0 Å². The van der Waals surface area contributed by atoms with Crippen molar-refractivity contribution < 1.29 is 4.79 Å². The summed E-state index contributed by atoms with van der Waals surface area (Å²) < 4.78 is 1.02. The molecule has 3 rings (SSSR count). The molecule has 1 amide bonds. The first-order valence-electron chi connectivity index (χ1n) is 5.42. The highest BCUT2D eigenvalue weighted by atomic mass is 32.1. The lowest BCUT2D eigenvalue weighted by atomic mass is 10.2. The summed E-state index contributed by atoms with van der Waals surface area (Å²) in [7, 11) is 0. The molecule has 0 bridgehead atoms. The van der Waals surface area contributed by atoms with Crippen LogP contribution in [0.25, 0.3) is 10.2 Å². The van der Waals surface area contributed by atoms with Crippen LogP contribution in [0.4, 0.5) is 0 Å². The molecule has 5 nitrogen and oxygen atoms in total. The summed E-state index contributed by atoms with van der Waals surface area (Å²) in [6.45, 7) is 0.468. The topological polar surface area (TPSA) is 70.7 Å². The van der Waals surface area contributed by atoms with Crippen LogP contribution in [0.2, 0.25) is 0 Å². The Bertz CT molecular complexity index is 674. The normalized spacial score (nSPS) is 10.7. The van der Waals surface area contributed by atoms with E-state index < -0.39 is 0 Å². The fourth-order valence-electron chi connectivity index (χ4n) is 1.66. The standard InChI is InChI=1S/C12H10N4OS/c17-12(13-4-8-5-15-16-6-8)9-1-2-10-11(3-9)18-7-14-10/h1-3,5-7H,4H2,(H,13,17)(H,15,16). The number of benzene rings is 1. The third-order valence-corrected chi connectivity index (χ3v) is 3.39. The van der Waals surface area contributed by atoms with Gasteiger partial charge < -0.3 is 5.32 Å². The third-order valence-electron chi connectivity index (χ3n) is 2.60. The van der Waals surface area contributed by atoms with E-state index in [-0.39, 0.29) is 5.91 Å². The van der Waals surface area contributed by atoms with E-state index in [1.807, 2.05) is 12.1 Å². The molecule has 6 heteroatoms. The molecule has 90 valence electrons. The maximum absolute atomic E-state index is 11.9. The van der Waals surface area contributed by atoms with E-state index in [0.717, 1.165) is 15.8 Å². The number of thiazole rings is 1. The van der Waals surface area contributed by atoms with Gasteiger partial charge in [0, 0.05) is 23.9 Å². The summed E-state index contributed by atoms with van der Waals surface area (Å²) in [6, 6.07) is 5.50. The monoisotopic (exact) mass is 258 g/mol. The predicted molar refractivity (Wildman–Crippen MR) is 69.4 cm³/mol. The predicted octanol–water partition coefficient (Wildman–Crippen LogP) is 1.95. The molecular formula is C12H10N4OS. The number of hydrogen-bond donors (Lipinski definition) is 2. The van der Waals surface area contributed by atoms with Crippen molar-refractivity contribution >= 4 is 27.5 Å². The molecule has 0 aliphatic rings. The lowest BCUT2D eigenvalue weighted by molar-refractivity contribution is 0.0951. The number of aromatic amines is 1. The van der Waals surface area contributed by atoms with E-state index in [9.17, 15) is 4.79 Å². The van der Waals surface area contributed by atoms with Crippen molar-refractivity contribution in [1.82, 2.24) is 20.5 Å². The molecule has 3 aromatic rings. The lowest BCUT2D eigenvalue weighted by Gasteiger charge is -2.03. The average Bonchev–Trinajstić information content (AvgIpc) is 3.05. The number of aromatic nitrogens is 3. The van der Waals surface area contributed by atoms with Gasteiger partial charge in [-0.15, -0.1) is 11.3 Å². The molecule has 2 N–H and O–H groups in total. The van der Waals surface area contributed by atoms with Gasteiger partial charge in [0.05, 0.1) is 21.9 Å². The zero-order valence-corrected chi connectivity index (χ0v) is 10.2. The van der Waals surface area contributed by atoms with E-state index in [1.165, 1.54) is 11.3 Å². The van der Waals surface area contributed by atoms with Gasteiger partial charge in [-0.1, -0.05) is 0 Å². The number of carbonyl (C=O) groups is 1. The lowest BCUT2D eigenvalue weighted by Crippen LogP contribution is -2.22. The minimum atomic E-state index is -0.0912. The van der Waals surface area contributed by atoms with Gasteiger partial charge in [0.2, 0.25) is 0 Å². The van der Waals surface area contributed by atoms with Crippen molar-refractivity contribution in [3.63, 3.8) is 0 Å². The van der Waals surface area contributed by atoms with Gasteiger partial charge in [0.25, 0.3) is 5.91 Å². The van der Waals surface area contributed by atoms with Crippen LogP contribution in [-0.4, -0.2) is 21.1 Å². The van der Waals surface area contributed by atoms with E-state index in [2.05, 4.69) is 20.5 Å². The highest BCUT2D eigenvalue weighted by Crippen LogP contribution is 2.18. The van der Waals surface area contributed by atoms with Crippen molar-refractivity contribution in [3.05, 3.63) is 47.2 Å². The number of fused-ring (bicyclic) bond motifs is 1. The quantitative estimate of drug-likeness (QED) is 0.754. The second kappa shape index (κ2) is 4.58. The van der Waals surface area contributed by atoms with Gasteiger partial charge >= 0.3 is 0 Å². The largest absolute Gasteiger partial charge is 0.348 e. The fourth-order valence-corrected chi connectivity index (χ4v) is 2.37. The smallest absolute Gasteiger partial charge is 0.251 e. The van der Waals surface area contributed by atoms with Gasteiger partial charge in [-0.2, -0.15) is 5.10 Å². The highest BCUT2D eigenvalue weighted by molar-refractivity contribution is 7.16. The summed E-state index contributed by atoms with van der Waals surface area (Å²) in [5.41, 5.74) is 4.29. The summed E-state index contributed by atoms with van der Waals surface area (Å²) in [6.07, 6.45) is 3.44. The van der Waals surface area contributed by atoms with E-state index in [4.69, 9.17) is 0 Å². The van der Waals surface area contributed by atoms with E-state index in [1.54, 1.807) is 24.0 Å². The van der Waals surface area contributed by atoms with Crippen LogP contribution >= 0.6 is 11.3 Å². The zero-order chi connectivity index (χ0) is 12.4. The number of H-pyrrole nitrogens is 1. The number of nitrogens with one attached hydrogen (secondary N) is 2. The van der Waals surface area contributed by atoms with Crippen molar-refractivity contribution in [2.75, 3.05) is 0 Å². The fraction of sp³-hybridized carbons (Fsp3) is 0.0833. The maximum Gasteiger partial charge on any atom is 0.251 e. The van der Waals surface area contributed by atoms with Crippen molar-refractivity contribution in [3.8, 4) is 0 Å². The van der Waals surface area contributed by atoms with Crippen LogP contribution in [0.5, 0.6) is 0 Å². The Kier molecular flexibility index (Phi) is 2.77. The van der Waals surface area contributed by atoms with Crippen molar-refractivity contribution in [2.45, 2.75) is 6.54 Å². The number of rotatable bonds is 3. The Labute approximate surface area is 107 Å². The second-order valence-electron chi connectivity index (χ2n) is 3.82. The Morgan fingerprint density at radius 3 is 3.22 bits per heavy atom. The summed E-state index contributed by atoms with van der Waals surface area (Å²) in [4.78, 5) is 16.1. The van der Waals surface area contributed by atoms with Gasteiger partial charge in [0.15, 0.2) is 0 Å². The number of amides is 1. The number of hydrogen-bond acceptors (Lipinski definition) is 4. The molecule has 2 heterocycles. The van der Waals surface area contributed by atoms with Crippen LogP contribution in [0, 0.1) is 0 Å². The molecule has 1 aromatic carbocycles. The van der Waals surface area contributed by atoms with Gasteiger partial charge in [-0.3, -0.25) is 9.89 Å². The summed E-state index contributed by atoms with van der Waals surface area (Å²) in [5.74, 6) is -0.0912. The number of nitrogens with zero attached hydrogens (tertiary/aromatic N) is 2. The van der Waals surface area contributed by atoms with Crippen LogP contribution < -0.4 is 5.32 Å². The molecule has 0 aliphatic heterocycles. The molecule has 2 aromatic heterocycles. The first kappa shape index (κ1) is 10.9. The molecule has 0 saturated heterocycles. The highest BCUT2D eigenvalue weighted by Gasteiger charge is 2.07. The minimum Gasteiger partial charge on any atom is -0.348 e. The Morgan fingerprint density at radius 1 is 1.44 bits per heavy atom. The van der Waals surface area contributed by atoms with Gasteiger partial charge in [-0.25, -0.2) is 4.98 Å². The minimum absolute atomic E-state index is 0.0912. The first-order valence-corrected chi connectivity index (χ1v) is 6.30. The Morgan fingerprint density at radius 2 is 2.39 bits per heavy atom. The van der Waals surface area contributed by atoms with Crippen LogP contribution in [0.15, 0.2) is 36.1 Å². The average molecular weight is 258 g/mol. The third kappa shape index (κ3) is 2.10. The van der Waals surface area contributed by atoms with Crippen molar-refractivity contribution in [2.24, 2.45) is 0 Å². The first-order chi connectivity index (χ1) is 8.83. The molecule has 0 spiro atoms. The molecule has 0 radical (unpaired) electrons. The molecule has 0 aliphatic carbocycles. The summed E-state index contributed by atoms with van der Waals surface area (Å²) >= 11 is 1.53. The number of carbonyl (C=O) groups excluding carboxylic acids is 1. The molecule has 0 saturated carbocycles. The molecule has 18 heavy (non-hydrogen) atoms. The molecular weight excluding hydrogens is 248 g/mol. The van der Waals surface area contributed by atoms with Gasteiger partial charge in [-0.05, 0) is 18.2 Å². The summed E-state index contributed by atoms with van der Waals surface area (Å²) in [5, 5.41) is 9.37. The van der Waals surface area contributed by atoms with Crippen LogP contribution in [-0.2, 0) is 6.54 Å². The molecule has 0 atom stereocenters. The second-order valence-corrected chi connectivity index (χ2v) is 4.71. The molecule has 0 unspecified atom stereocenters. The van der Waals surface area contributed by atoms with Gasteiger partial charge in [0.1, 0.15) is 0 Å². The SMILES string of the molecule is O=C(NCc1cn[nH]c1)c1ccc2ncsc2c1. The van der Waals surface area contributed by atoms with E-state index in [0.29, 0.717) is 12.1 Å². The van der Waals surface area contributed by atoms with Crippen LogP contribution in [0.3, 0.4) is 0 Å². The Balaban J connectivity index is 1.75. The van der Waals surface area contributed by atoms with Crippen LogP contribution in [0.1, 0.15) is 15.9 Å². The Hall–Kier alpha value is -2.21.